The molecule has 0 amide bonds. The zero-order chi connectivity index (χ0) is 19.2. The van der Waals surface area contributed by atoms with Crippen LogP contribution in [0.15, 0.2) is 29.3 Å². The monoisotopic (exact) mass is 384 g/mol. The summed E-state index contributed by atoms with van der Waals surface area (Å²) in [6.45, 7) is 8.38. The Balaban J connectivity index is 1.36. The number of guanidine groups is 1. The van der Waals surface area contributed by atoms with Gasteiger partial charge in [0.25, 0.3) is 0 Å². The Morgan fingerprint density at radius 1 is 1.07 bits per heavy atom. The molecule has 3 aliphatic rings. The summed E-state index contributed by atoms with van der Waals surface area (Å²) in [5, 5.41) is 3.64. The van der Waals surface area contributed by atoms with Gasteiger partial charge < -0.3 is 15.0 Å². The molecule has 0 radical (unpaired) electrons. The van der Waals surface area contributed by atoms with Crippen molar-refractivity contribution in [2.75, 3.05) is 46.4 Å². The van der Waals surface area contributed by atoms with E-state index < -0.39 is 0 Å². The van der Waals surface area contributed by atoms with E-state index >= 15 is 0 Å². The van der Waals surface area contributed by atoms with Gasteiger partial charge in [-0.25, -0.2) is 0 Å². The van der Waals surface area contributed by atoms with Gasteiger partial charge in [0.2, 0.25) is 0 Å². The normalized spacial score (nSPS) is 26.8. The van der Waals surface area contributed by atoms with E-state index in [2.05, 4.69) is 44.4 Å². The first kappa shape index (κ1) is 19.7. The van der Waals surface area contributed by atoms with Crippen molar-refractivity contribution in [3.05, 3.63) is 35.4 Å². The molecule has 5 heteroatoms. The molecule has 5 nitrogen and oxygen atoms in total. The molecular weight excluding hydrogens is 348 g/mol. The topological polar surface area (TPSA) is 40.1 Å². The van der Waals surface area contributed by atoms with Crippen LogP contribution in [0.4, 0.5) is 0 Å². The van der Waals surface area contributed by atoms with E-state index in [-0.39, 0.29) is 0 Å². The first-order valence-electron chi connectivity index (χ1n) is 11.1. The Morgan fingerprint density at radius 3 is 2.57 bits per heavy atom. The Labute approximate surface area is 170 Å². The van der Waals surface area contributed by atoms with Crippen LogP contribution in [-0.2, 0) is 17.8 Å². The van der Waals surface area contributed by atoms with E-state index in [1.165, 1.54) is 62.7 Å². The number of likely N-dealkylation sites (tertiary alicyclic amines) is 2. The standard InChI is InChI=1S/C23H36N4O/c1-24-22(27-14-10-23(18-27)11-15-28-19-23)25-16-20-8-4-5-9-21(20)17-26-12-6-2-3-7-13-26/h4-5,8-9H,2-3,6-7,10-19H2,1H3,(H,24,25). The average molecular weight is 385 g/mol. The van der Waals surface area contributed by atoms with Gasteiger partial charge in [0, 0.05) is 45.2 Å². The molecule has 0 bridgehead atoms. The van der Waals surface area contributed by atoms with Crippen molar-refractivity contribution >= 4 is 5.96 Å². The third-order valence-electron chi connectivity index (χ3n) is 6.78. The maximum Gasteiger partial charge on any atom is 0.193 e. The van der Waals surface area contributed by atoms with Crippen molar-refractivity contribution in [1.82, 2.24) is 15.1 Å². The number of ether oxygens (including phenoxy) is 1. The van der Waals surface area contributed by atoms with Crippen LogP contribution >= 0.6 is 0 Å². The van der Waals surface area contributed by atoms with Crippen molar-refractivity contribution in [3.63, 3.8) is 0 Å². The smallest absolute Gasteiger partial charge is 0.193 e. The molecule has 3 fully saturated rings. The fourth-order valence-corrected chi connectivity index (χ4v) is 5.01. The molecule has 1 N–H and O–H groups in total. The van der Waals surface area contributed by atoms with Gasteiger partial charge in [0.05, 0.1) is 6.61 Å². The molecule has 1 unspecified atom stereocenters. The van der Waals surface area contributed by atoms with Crippen LogP contribution < -0.4 is 5.32 Å². The van der Waals surface area contributed by atoms with E-state index in [0.717, 1.165) is 45.4 Å². The second kappa shape index (κ2) is 9.27. The zero-order valence-electron chi connectivity index (χ0n) is 17.5. The highest BCUT2D eigenvalue weighted by Gasteiger charge is 2.42. The molecule has 0 aromatic heterocycles. The van der Waals surface area contributed by atoms with Gasteiger partial charge in [0.15, 0.2) is 5.96 Å². The van der Waals surface area contributed by atoms with Crippen molar-refractivity contribution in [2.45, 2.75) is 51.6 Å². The van der Waals surface area contributed by atoms with Crippen LogP contribution in [0.3, 0.4) is 0 Å². The van der Waals surface area contributed by atoms with Crippen molar-refractivity contribution < 1.29 is 4.74 Å². The molecule has 3 aliphatic heterocycles. The van der Waals surface area contributed by atoms with Gasteiger partial charge in [-0.15, -0.1) is 0 Å². The van der Waals surface area contributed by atoms with Crippen molar-refractivity contribution in [2.24, 2.45) is 10.4 Å². The molecule has 1 aromatic rings. The molecular formula is C23H36N4O. The minimum Gasteiger partial charge on any atom is -0.381 e. The number of nitrogens with zero attached hydrogens (tertiary/aromatic N) is 3. The lowest BCUT2D eigenvalue weighted by Crippen LogP contribution is -2.41. The van der Waals surface area contributed by atoms with E-state index in [4.69, 9.17) is 4.74 Å². The number of nitrogens with one attached hydrogen (secondary N) is 1. The molecule has 28 heavy (non-hydrogen) atoms. The van der Waals surface area contributed by atoms with E-state index in [9.17, 15) is 0 Å². The number of hydrogen-bond donors (Lipinski definition) is 1. The van der Waals surface area contributed by atoms with Gasteiger partial charge >= 0.3 is 0 Å². The molecule has 0 aliphatic carbocycles. The van der Waals surface area contributed by atoms with Crippen LogP contribution in [0.5, 0.6) is 0 Å². The van der Waals surface area contributed by atoms with Crippen LogP contribution in [0.1, 0.15) is 49.7 Å². The molecule has 1 spiro atoms. The third kappa shape index (κ3) is 4.69. The Morgan fingerprint density at radius 2 is 1.86 bits per heavy atom. The van der Waals surface area contributed by atoms with Crippen LogP contribution in [0.25, 0.3) is 0 Å². The van der Waals surface area contributed by atoms with Gasteiger partial charge in [-0.05, 0) is 49.9 Å². The molecule has 1 aromatic carbocycles. The minimum absolute atomic E-state index is 0.363. The van der Waals surface area contributed by atoms with Gasteiger partial charge in [0.1, 0.15) is 0 Å². The Bertz CT molecular complexity index is 660. The Hall–Kier alpha value is -1.59. The summed E-state index contributed by atoms with van der Waals surface area (Å²) >= 11 is 0. The summed E-state index contributed by atoms with van der Waals surface area (Å²) in [5.41, 5.74) is 3.21. The zero-order valence-corrected chi connectivity index (χ0v) is 17.5. The van der Waals surface area contributed by atoms with Crippen molar-refractivity contribution in [1.29, 1.82) is 0 Å². The minimum atomic E-state index is 0.363. The molecule has 0 saturated carbocycles. The summed E-state index contributed by atoms with van der Waals surface area (Å²) in [4.78, 5) is 9.63. The predicted molar refractivity (Wildman–Crippen MR) is 114 cm³/mol. The fourth-order valence-electron chi connectivity index (χ4n) is 5.01. The van der Waals surface area contributed by atoms with Crippen LogP contribution in [0.2, 0.25) is 0 Å². The van der Waals surface area contributed by atoms with Crippen LogP contribution in [-0.4, -0.2) is 62.2 Å². The lowest BCUT2D eigenvalue weighted by atomic mass is 9.87. The number of benzene rings is 1. The molecule has 154 valence electrons. The second-order valence-electron chi connectivity index (χ2n) is 8.83. The molecule has 4 rings (SSSR count). The highest BCUT2D eigenvalue weighted by molar-refractivity contribution is 5.80. The summed E-state index contributed by atoms with van der Waals surface area (Å²) < 4.78 is 5.68. The van der Waals surface area contributed by atoms with Crippen molar-refractivity contribution in [3.8, 4) is 0 Å². The number of aliphatic imine (C=N–C) groups is 1. The quantitative estimate of drug-likeness (QED) is 0.639. The summed E-state index contributed by atoms with van der Waals surface area (Å²) in [7, 11) is 1.90. The average Bonchev–Trinajstić information content (AvgIpc) is 3.27. The Kier molecular flexibility index (Phi) is 6.53. The van der Waals surface area contributed by atoms with Crippen LogP contribution in [0, 0.1) is 5.41 Å². The van der Waals surface area contributed by atoms with E-state index in [1.807, 2.05) is 7.05 Å². The second-order valence-corrected chi connectivity index (χ2v) is 8.83. The van der Waals surface area contributed by atoms with E-state index in [1.54, 1.807) is 0 Å². The largest absolute Gasteiger partial charge is 0.381 e. The summed E-state index contributed by atoms with van der Waals surface area (Å²) in [6.07, 6.45) is 7.87. The van der Waals surface area contributed by atoms with E-state index in [0.29, 0.717) is 5.41 Å². The first-order chi connectivity index (χ1) is 13.8. The third-order valence-corrected chi connectivity index (χ3v) is 6.78. The van der Waals surface area contributed by atoms with Gasteiger partial charge in [-0.3, -0.25) is 9.89 Å². The first-order valence-corrected chi connectivity index (χ1v) is 11.1. The van der Waals surface area contributed by atoms with Gasteiger partial charge in [-0.2, -0.15) is 0 Å². The summed E-state index contributed by atoms with van der Waals surface area (Å²) in [5.74, 6) is 1.04. The molecule has 3 saturated heterocycles. The molecule has 3 heterocycles. The fraction of sp³-hybridized carbons (Fsp3) is 0.696. The highest BCUT2D eigenvalue weighted by atomic mass is 16.5. The predicted octanol–water partition coefficient (Wildman–Crippen LogP) is 3.25. The maximum absolute atomic E-state index is 5.68. The van der Waals surface area contributed by atoms with Gasteiger partial charge in [-0.1, -0.05) is 37.1 Å². The maximum atomic E-state index is 5.68. The number of hydrogen-bond acceptors (Lipinski definition) is 3. The SMILES string of the molecule is CN=C(NCc1ccccc1CN1CCCCCC1)N1CCC2(CCOC2)C1. The number of rotatable bonds is 4. The highest BCUT2D eigenvalue weighted by Crippen LogP contribution is 2.38. The lowest BCUT2D eigenvalue weighted by Gasteiger charge is -2.26. The lowest BCUT2D eigenvalue weighted by molar-refractivity contribution is 0.156. The summed E-state index contributed by atoms with van der Waals surface area (Å²) in [6, 6.07) is 8.90. The molecule has 1 atom stereocenters.